The molecule has 8 rings (SSSR count). The van der Waals surface area contributed by atoms with Gasteiger partial charge in [-0.15, -0.1) is 11.3 Å². The van der Waals surface area contributed by atoms with Crippen LogP contribution in [-0.2, 0) is 5.41 Å². The van der Waals surface area contributed by atoms with Gasteiger partial charge in [0.25, 0.3) is 0 Å². The molecule has 0 atom stereocenters. The SMILES string of the molecule is Cc1ccc(-c2ccc(N(C)c3ccc4c(c3)C(C)(C)c3ccccc3-4)cc2)cc1-c1c(C)ccc2c1sc1ccccc12. The van der Waals surface area contributed by atoms with Crippen LogP contribution in [0.25, 0.3) is 53.6 Å². The number of hydrogen-bond donors (Lipinski definition) is 0. The van der Waals surface area contributed by atoms with Gasteiger partial charge in [-0.25, -0.2) is 0 Å². The summed E-state index contributed by atoms with van der Waals surface area (Å²) in [6.45, 7) is 9.16. The maximum atomic E-state index is 2.39. The van der Waals surface area contributed by atoms with Gasteiger partial charge in [-0.2, -0.15) is 0 Å². The fourth-order valence-corrected chi connectivity index (χ4v) is 8.54. The molecule has 0 amide bonds. The van der Waals surface area contributed by atoms with Crippen molar-refractivity contribution in [1.29, 1.82) is 0 Å². The number of benzene rings is 6. The number of thiophene rings is 1. The van der Waals surface area contributed by atoms with Crippen molar-refractivity contribution in [2.75, 3.05) is 11.9 Å². The Balaban J connectivity index is 1.14. The van der Waals surface area contributed by atoms with Crippen molar-refractivity contribution in [3.05, 3.63) is 144 Å². The van der Waals surface area contributed by atoms with Crippen molar-refractivity contribution in [1.82, 2.24) is 0 Å². The van der Waals surface area contributed by atoms with Gasteiger partial charge < -0.3 is 4.90 Å². The van der Waals surface area contributed by atoms with Gasteiger partial charge in [-0.3, -0.25) is 0 Å². The first kappa shape index (κ1) is 26.9. The van der Waals surface area contributed by atoms with E-state index < -0.39 is 0 Å². The highest BCUT2D eigenvalue weighted by Gasteiger charge is 2.35. The molecule has 1 aliphatic rings. The molecule has 0 saturated heterocycles. The van der Waals surface area contributed by atoms with Crippen LogP contribution in [0.5, 0.6) is 0 Å². The number of rotatable bonds is 4. The number of fused-ring (bicyclic) bond motifs is 6. The summed E-state index contributed by atoms with van der Waals surface area (Å²) in [4.78, 5) is 2.30. The van der Waals surface area contributed by atoms with Crippen LogP contribution in [0.2, 0.25) is 0 Å². The lowest BCUT2D eigenvalue weighted by molar-refractivity contribution is 0.660. The van der Waals surface area contributed by atoms with Gasteiger partial charge in [0.15, 0.2) is 0 Å². The molecule has 0 saturated carbocycles. The molecule has 44 heavy (non-hydrogen) atoms. The molecule has 0 radical (unpaired) electrons. The third kappa shape index (κ3) is 4.05. The predicted molar refractivity (Wildman–Crippen MR) is 192 cm³/mol. The lowest BCUT2D eigenvalue weighted by Gasteiger charge is -2.25. The molecular formula is C42H35NS. The molecule has 1 aromatic heterocycles. The summed E-state index contributed by atoms with van der Waals surface area (Å²) < 4.78 is 2.73. The van der Waals surface area contributed by atoms with Crippen LogP contribution in [0.4, 0.5) is 11.4 Å². The van der Waals surface area contributed by atoms with Gasteiger partial charge in [0, 0.05) is 49.6 Å². The van der Waals surface area contributed by atoms with Crippen LogP contribution in [0.15, 0.2) is 121 Å². The van der Waals surface area contributed by atoms with E-state index in [1.54, 1.807) is 0 Å². The molecule has 0 unspecified atom stereocenters. The van der Waals surface area contributed by atoms with E-state index in [1.807, 2.05) is 11.3 Å². The normalized spacial score (nSPS) is 13.3. The third-order valence-electron chi connectivity index (χ3n) is 9.80. The average Bonchev–Trinajstić information content (AvgIpc) is 3.53. The topological polar surface area (TPSA) is 3.24 Å². The Hall–Kier alpha value is -4.66. The summed E-state index contributed by atoms with van der Waals surface area (Å²) in [6.07, 6.45) is 0. The smallest absolute Gasteiger partial charge is 0.0436 e. The van der Waals surface area contributed by atoms with Crippen LogP contribution >= 0.6 is 11.3 Å². The zero-order chi connectivity index (χ0) is 30.2. The second-order valence-electron chi connectivity index (χ2n) is 12.8. The minimum Gasteiger partial charge on any atom is -0.345 e. The molecule has 0 spiro atoms. The van der Waals surface area contributed by atoms with Crippen molar-refractivity contribution in [3.8, 4) is 33.4 Å². The summed E-state index contributed by atoms with van der Waals surface area (Å²) in [7, 11) is 2.17. The van der Waals surface area contributed by atoms with Gasteiger partial charge in [0.1, 0.15) is 0 Å². The van der Waals surface area contributed by atoms with Crippen molar-refractivity contribution in [3.63, 3.8) is 0 Å². The molecule has 0 fully saturated rings. The van der Waals surface area contributed by atoms with E-state index in [2.05, 4.69) is 161 Å². The minimum absolute atomic E-state index is 0.00565. The molecule has 1 heterocycles. The molecule has 2 heteroatoms. The van der Waals surface area contributed by atoms with Crippen molar-refractivity contribution >= 4 is 42.9 Å². The Bertz CT molecular complexity index is 2230. The molecule has 1 aliphatic carbocycles. The largest absolute Gasteiger partial charge is 0.345 e. The van der Waals surface area contributed by atoms with Crippen molar-refractivity contribution in [2.24, 2.45) is 0 Å². The highest BCUT2D eigenvalue weighted by Crippen LogP contribution is 2.50. The fourth-order valence-electron chi connectivity index (χ4n) is 7.22. The predicted octanol–water partition coefficient (Wildman–Crippen LogP) is 12.1. The Morgan fingerprint density at radius 1 is 0.545 bits per heavy atom. The van der Waals surface area contributed by atoms with Crippen LogP contribution in [0.1, 0.15) is 36.1 Å². The van der Waals surface area contributed by atoms with E-state index in [9.17, 15) is 0 Å². The van der Waals surface area contributed by atoms with E-state index >= 15 is 0 Å². The zero-order valence-electron chi connectivity index (χ0n) is 25.9. The first-order chi connectivity index (χ1) is 21.3. The quantitative estimate of drug-likeness (QED) is 0.199. The Labute approximate surface area is 264 Å². The fraction of sp³-hybridized carbons (Fsp3) is 0.143. The standard InChI is InChI=1S/C42H35NS/c1-26-14-16-29(24-36(26)40-27(2)15-22-35-34-11-7-9-13-39(34)44-41(35)40)28-17-19-30(20-18-28)43(5)31-21-23-33-32-10-6-8-12-37(32)42(3,4)38(33)25-31/h6-25H,1-5H3. The summed E-state index contributed by atoms with van der Waals surface area (Å²) in [6, 6.07) is 45.1. The van der Waals surface area contributed by atoms with Gasteiger partial charge >= 0.3 is 0 Å². The molecule has 214 valence electrons. The van der Waals surface area contributed by atoms with Gasteiger partial charge in [-0.05, 0) is 100 Å². The molecule has 0 bridgehead atoms. The Morgan fingerprint density at radius 2 is 1.23 bits per heavy atom. The van der Waals surface area contributed by atoms with Crippen molar-refractivity contribution in [2.45, 2.75) is 33.1 Å². The molecule has 0 N–H and O–H groups in total. The van der Waals surface area contributed by atoms with E-state index in [4.69, 9.17) is 0 Å². The number of anilines is 2. The summed E-state index contributed by atoms with van der Waals surface area (Å²) in [5.41, 5.74) is 15.7. The average molecular weight is 586 g/mol. The lowest BCUT2D eigenvalue weighted by atomic mass is 9.82. The monoisotopic (exact) mass is 585 g/mol. The molecule has 0 aliphatic heterocycles. The van der Waals surface area contributed by atoms with Gasteiger partial charge in [0.2, 0.25) is 0 Å². The summed E-state index contributed by atoms with van der Waals surface area (Å²) in [5.74, 6) is 0. The van der Waals surface area contributed by atoms with Crippen molar-refractivity contribution < 1.29 is 0 Å². The molecular weight excluding hydrogens is 551 g/mol. The third-order valence-corrected chi connectivity index (χ3v) is 11.0. The maximum Gasteiger partial charge on any atom is 0.0436 e. The van der Waals surface area contributed by atoms with E-state index in [0.717, 1.165) is 0 Å². The van der Waals surface area contributed by atoms with Crippen LogP contribution < -0.4 is 4.90 Å². The number of aryl methyl sites for hydroxylation is 2. The van der Waals surface area contributed by atoms with Crippen LogP contribution in [0.3, 0.4) is 0 Å². The van der Waals surface area contributed by atoms with E-state index in [1.165, 1.54) is 87.2 Å². The lowest BCUT2D eigenvalue weighted by Crippen LogP contribution is -2.16. The number of hydrogen-bond acceptors (Lipinski definition) is 2. The highest BCUT2D eigenvalue weighted by molar-refractivity contribution is 7.26. The summed E-state index contributed by atoms with van der Waals surface area (Å²) in [5, 5.41) is 2.70. The first-order valence-corrected chi connectivity index (χ1v) is 16.2. The second kappa shape index (κ2) is 9.94. The molecule has 7 aromatic rings. The Morgan fingerprint density at radius 3 is 2.07 bits per heavy atom. The van der Waals surface area contributed by atoms with Crippen LogP contribution in [-0.4, -0.2) is 7.05 Å². The molecule has 1 nitrogen and oxygen atoms in total. The minimum atomic E-state index is -0.00565. The highest BCUT2D eigenvalue weighted by atomic mass is 32.1. The Kier molecular flexibility index (Phi) is 6.08. The second-order valence-corrected chi connectivity index (χ2v) is 13.8. The number of nitrogens with zero attached hydrogens (tertiary/aromatic N) is 1. The summed E-state index contributed by atoms with van der Waals surface area (Å²) >= 11 is 1.91. The van der Waals surface area contributed by atoms with Gasteiger partial charge in [-0.1, -0.05) is 98.8 Å². The first-order valence-electron chi connectivity index (χ1n) is 15.4. The van der Waals surface area contributed by atoms with E-state index in [0.29, 0.717) is 0 Å². The maximum absolute atomic E-state index is 2.39. The van der Waals surface area contributed by atoms with E-state index in [-0.39, 0.29) is 5.41 Å². The van der Waals surface area contributed by atoms with Crippen LogP contribution in [0, 0.1) is 13.8 Å². The zero-order valence-corrected chi connectivity index (χ0v) is 26.7. The van der Waals surface area contributed by atoms with Gasteiger partial charge in [0.05, 0.1) is 0 Å². The molecule has 6 aromatic carbocycles.